The third-order valence-corrected chi connectivity index (χ3v) is 9.26. The van der Waals surface area contributed by atoms with E-state index in [9.17, 15) is 14.3 Å². The summed E-state index contributed by atoms with van der Waals surface area (Å²) < 4.78 is 33.3. The Kier molecular flexibility index (Phi) is 37.0. The van der Waals surface area contributed by atoms with Crippen LogP contribution in [0.2, 0.25) is 0 Å². The minimum absolute atomic E-state index is 0.0967. The molecule has 0 rings (SSSR count). The zero-order valence-corrected chi connectivity index (χ0v) is 32.6. The SMILES string of the molecule is CCCCCC/C=C\C/C=C\CCCCCCCCOCC(COP(=O)(O)OCCN)OC(=O)CCCCCCC/C=C\CCCCCC. The van der Waals surface area contributed by atoms with Gasteiger partial charge in [0.25, 0.3) is 0 Å². The molecule has 0 fully saturated rings. The fourth-order valence-corrected chi connectivity index (χ4v) is 6.08. The highest BCUT2D eigenvalue weighted by molar-refractivity contribution is 7.47. The number of rotatable bonds is 38. The van der Waals surface area contributed by atoms with Gasteiger partial charge in [-0.15, -0.1) is 0 Å². The Hall–Kier alpha value is -1.28. The van der Waals surface area contributed by atoms with Crippen LogP contribution >= 0.6 is 7.82 Å². The van der Waals surface area contributed by atoms with Crippen LogP contribution in [-0.2, 0) is 27.9 Å². The Bertz CT molecular complexity index is 848. The highest BCUT2D eigenvalue weighted by Gasteiger charge is 2.25. The molecule has 0 radical (unpaired) electrons. The molecule has 49 heavy (non-hydrogen) atoms. The van der Waals surface area contributed by atoms with E-state index < -0.39 is 13.9 Å². The van der Waals surface area contributed by atoms with E-state index in [0.29, 0.717) is 13.0 Å². The summed E-state index contributed by atoms with van der Waals surface area (Å²) in [7, 11) is -4.28. The molecule has 3 N–H and O–H groups in total. The summed E-state index contributed by atoms with van der Waals surface area (Å²) in [5, 5.41) is 0. The van der Waals surface area contributed by atoms with Crippen LogP contribution in [0.5, 0.6) is 0 Å². The largest absolute Gasteiger partial charge is 0.472 e. The highest BCUT2D eigenvalue weighted by atomic mass is 31.2. The van der Waals surface area contributed by atoms with Crippen molar-refractivity contribution >= 4 is 13.8 Å². The van der Waals surface area contributed by atoms with E-state index >= 15 is 0 Å². The van der Waals surface area contributed by atoms with Gasteiger partial charge < -0.3 is 20.1 Å². The van der Waals surface area contributed by atoms with Crippen LogP contribution in [0, 0.1) is 0 Å². The molecular formula is C40H76NO7P. The van der Waals surface area contributed by atoms with E-state index in [-0.39, 0.29) is 32.3 Å². The Labute approximate surface area is 301 Å². The number of carbonyl (C=O) groups is 1. The smallest absolute Gasteiger partial charge is 0.457 e. The van der Waals surface area contributed by atoms with Crippen molar-refractivity contribution in [3.05, 3.63) is 36.5 Å². The van der Waals surface area contributed by atoms with E-state index in [1.807, 2.05) is 0 Å². The predicted molar refractivity (Wildman–Crippen MR) is 206 cm³/mol. The predicted octanol–water partition coefficient (Wildman–Crippen LogP) is 11.5. The fourth-order valence-electron chi connectivity index (χ4n) is 5.31. The molecule has 0 aliphatic carbocycles. The Morgan fingerprint density at radius 3 is 1.61 bits per heavy atom. The number of allylic oxidation sites excluding steroid dienone is 6. The lowest BCUT2D eigenvalue weighted by Crippen LogP contribution is -2.28. The summed E-state index contributed by atoms with van der Waals surface area (Å²) in [5.41, 5.74) is 5.35. The number of carbonyl (C=O) groups excluding carboxylic acids is 1. The van der Waals surface area contributed by atoms with E-state index in [2.05, 4.69) is 50.3 Å². The normalized spacial score (nSPS) is 14.0. The molecule has 0 aliphatic rings. The van der Waals surface area contributed by atoms with E-state index in [1.165, 1.54) is 89.9 Å². The lowest BCUT2D eigenvalue weighted by Gasteiger charge is -2.20. The maximum Gasteiger partial charge on any atom is 0.472 e. The first-order valence-electron chi connectivity index (χ1n) is 20.0. The van der Waals surface area contributed by atoms with Gasteiger partial charge in [0.15, 0.2) is 0 Å². The molecular weight excluding hydrogens is 637 g/mol. The Morgan fingerprint density at radius 1 is 0.612 bits per heavy atom. The van der Waals surface area contributed by atoms with Crippen molar-refractivity contribution in [2.24, 2.45) is 5.73 Å². The van der Waals surface area contributed by atoms with Crippen LogP contribution in [0.1, 0.15) is 174 Å². The molecule has 0 heterocycles. The fraction of sp³-hybridized carbons (Fsp3) is 0.825. The van der Waals surface area contributed by atoms with E-state index in [0.717, 1.165) is 64.2 Å². The van der Waals surface area contributed by atoms with E-state index in [4.69, 9.17) is 24.3 Å². The minimum Gasteiger partial charge on any atom is -0.457 e. The monoisotopic (exact) mass is 714 g/mol. The first kappa shape index (κ1) is 47.7. The lowest BCUT2D eigenvalue weighted by atomic mass is 10.1. The third kappa shape index (κ3) is 37.8. The van der Waals surface area contributed by atoms with Crippen LogP contribution < -0.4 is 5.73 Å². The standard InChI is InChI=1S/C40H76NO7P/c1-3-5-7-9-11-13-15-17-18-19-20-22-24-26-28-30-32-35-45-37-39(38-47-49(43,44)46-36-34-41)48-40(42)33-31-29-27-25-23-21-16-14-12-10-8-6-4-2/h13-16,18-19,39H,3-12,17,20-38,41H2,1-2H3,(H,43,44)/b15-13-,16-14-,19-18-. The van der Waals surface area contributed by atoms with Gasteiger partial charge in [-0.1, -0.05) is 134 Å². The maximum absolute atomic E-state index is 12.5. The molecule has 0 aromatic carbocycles. The topological polar surface area (TPSA) is 117 Å². The summed E-state index contributed by atoms with van der Waals surface area (Å²) >= 11 is 0. The lowest BCUT2D eigenvalue weighted by molar-refractivity contribution is -0.154. The number of phosphoric ester groups is 1. The van der Waals surface area contributed by atoms with Crippen LogP contribution in [0.4, 0.5) is 0 Å². The average molecular weight is 714 g/mol. The van der Waals surface area contributed by atoms with Gasteiger partial charge in [-0.25, -0.2) is 4.57 Å². The van der Waals surface area contributed by atoms with Crippen molar-refractivity contribution in [3.63, 3.8) is 0 Å². The Balaban J connectivity index is 4.09. The van der Waals surface area contributed by atoms with Crippen molar-refractivity contribution in [1.29, 1.82) is 0 Å². The van der Waals surface area contributed by atoms with Crippen molar-refractivity contribution in [3.8, 4) is 0 Å². The molecule has 0 aromatic heterocycles. The van der Waals surface area contributed by atoms with Gasteiger partial charge >= 0.3 is 13.8 Å². The molecule has 2 atom stereocenters. The van der Waals surface area contributed by atoms with Gasteiger partial charge in [-0.2, -0.15) is 0 Å². The number of hydrogen-bond acceptors (Lipinski definition) is 7. The zero-order chi connectivity index (χ0) is 35.9. The van der Waals surface area contributed by atoms with Gasteiger partial charge in [-0.3, -0.25) is 13.8 Å². The third-order valence-electron chi connectivity index (χ3n) is 8.28. The summed E-state index contributed by atoms with van der Waals surface area (Å²) in [5.74, 6) is -0.344. The van der Waals surface area contributed by atoms with Gasteiger partial charge in [0.05, 0.1) is 19.8 Å². The van der Waals surface area contributed by atoms with Crippen LogP contribution in [0.15, 0.2) is 36.5 Å². The maximum atomic E-state index is 12.5. The van der Waals surface area contributed by atoms with Crippen molar-refractivity contribution in [1.82, 2.24) is 0 Å². The van der Waals surface area contributed by atoms with Crippen molar-refractivity contribution in [2.75, 3.05) is 33.0 Å². The van der Waals surface area contributed by atoms with E-state index in [1.54, 1.807) is 0 Å². The number of unbranched alkanes of at least 4 members (excludes halogenated alkanes) is 19. The summed E-state index contributed by atoms with van der Waals surface area (Å²) in [6, 6.07) is 0. The van der Waals surface area contributed by atoms with Gasteiger partial charge in [0.1, 0.15) is 6.10 Å². The van der Waals surface area contributed by atoms with Gasteiger partial charge in [-0.05, 0) is 70.6 Å². The average Bonchev–Trinajstić information content (AvgIpc) is 3.09. The number of hydrogen-bond donors (Lipinski definition) is 2. The molecule has 9 heteroatoms. The first-order chi connectivity index (χ1) is 23.9. The highest BCUT2D eigenvalue weighted by Crippen LogP contribution is 2.43. The molecule has 288 valence electrons. The van der Waals surface area contributed by atoms with Crippen molar-refractivity contribution < 1.29 is 32.8 Å². The molecule has 0 saturated heterocycles. The minimum atomic E-state index is -4.28. The number of nitrogens with two attached hydrogens (primary N) is 1. The second kappa shape index (κ2) is 38.0. The molecule has 2 unspecified atom stereocenters. The molecule has 0 spiro atoms. The number of ether oxygens (including phenoxy) is 2. The molecule has 0 amide bonds. The second-order valence-electron chi connectivity index (χ2n) is 13.1. The number of esters is 1. The molecule has 0 aliphatic heterocycles. The van der Waals surface area contributed by atoms with Gasteiger partial charge in [0.2, 0.25) is 0 Å². The molecule has 0 aromatic rings. The molecule has 0 saturated carbocycles. The van der Waals surface area contributed by atoms with Crippen LogP contribution in [0.3, 0.4) is 0 Å². The molecule has 0 bridgehead atoms. The van der Waals surface area contributed by atoms with Crippen molar-refractivity contribution in [2.45, 2.75) is 180 Å². The summed E-state index contributed by atoms with van der Waals surface area (Å²) in [4.78, 5) is 22.4. The van der Waals surface area contributed by atoms with Crippen LogP contribution in [-0.4, -0.2) is 49.9 Å². The summed E-state index contributed by atoms with van der Waals surface area (Å²) in [6.45, 7) is 4.85. The Morgan fingerprint density at radius 2 is 1.08 bits per heavy atom. The number of phosphoric acid groups is 1. The van der Waals surface area contributed by atoms with Crippen LogP contribution in [0.25, 0.3) is 0 Å². The molecule has 8 nitrogen and oxygen atoms in total. The quantitative estimate of drug-likeness (QED) is 0.0281. The van der Waals surface area contributed by atoms with Gasteiger partial charge in [0, 0.05) is 19.6 Å². The first-order valence-corrected chi connectivity index (χ1v) is 21.5. The summed E-state index contributed by atoms with van der Waals surface area (Å²) in [6.07, 6.45) is 41.5. The second-order valence-corrected chi connectivity index (χ2v) is 14.6. The zero-order valence-electron chi connectivity index (χ0n) is 31.7.